The van der Waals surface area contributed by atoms with Crippen LogP contribution in [0.2, 0.25) is 0 Å². The summed E-state index contributed by atoms with van der Waals surface area (Å²) < 4.78 is 0. The molecule has 0 aliphatic heterocycles. The summed E-state index contributed by atoms with van der Waals surface area (Å²) in [6.45, 7) is 3.99. The fourth-order valence-corrected chi connectivity index (χ4v) is 3.61. The largest absolute Gasteiger partial charge is 0.349 e. The van der Waals surface area contributed by atoms with Gasteiger partial charge in [0.15, 0.2) is 0 Å². The van der Waals surface area contributed by atoms with Crippen LogP contribution in [-0.4, -0.2) is 16.9 Å². The first-order valence-corrected chi connectivity index (χ1v) is 9.33. The van der Waals surface area contributed by atoms with Crippen LogP contribution in [0.1, 0.15) is 33.6 Å². The SMILES string of the molecule is Cc1nc(-c2ccccc2)c(C(=O)N[C@H](C)CCc2ccccc2)s1. The summed E-state index contributed by atoms with van der Waals surface area (Å²) in [5.41, 5.74) is 3.05. The summed E-state index contributed by atoms with van der Waals surface area (Å²) in [5, 5.41) is 4.03. The minimum absolute atomic E-state index is 0.0370. The van der Waals surface area contributed by atoms with Crippen LogP contribution in [0.3, 0.4) is 0 Å². The summed E-state index contributed by atoms with van der Waals surface area (Å²) in [6.07, 6.45) is 1.86. The molecule has 0 radical (unpaired) electrons. The van der Waals surface area contributed by atoms with Crippen LogP contribution in [0, 0.1) is 6.92 Å². The number of thiazole rings is 1. The maximum atomic E-state index is 12.7. The Labute approximate surface area is 152 Å². The lowest BCUT2D eigenvalue weighted by Crippen LogP contribution is -2.32. The minimum Gasteiger partial charge on any atom is -0.349 e. The minimum atomic E-state index is -0.0370. The molecule has 0 aliphatic rings. The number of nitrogens with one attached hydrogen (secondary N) is 1. The Hall–Kier alpha value is -2.46. The monoisotopic (exact) mass is 350 g/mol. The Balaban J connectivity index is 1.67. The highest BCUT2D eigenvalue weighted by atomic mass is 32.1. The first kappa shape index (κ1) is 17.4. The average Bonchev–Trinajstić information content (AvgIpc) is 3.04. The normalized spacial score (nSPS) is 11.9. The Morgan fingerprint density at radius 2 is 1.72 bits per heavy atom. The van der Waals surface area contributed by atoms with Gasteiger partial charge in [0.2, 0.25) is 0 Å². The van der Waals surface area contributed by atoms with Gasteiger partial charge in [0.25, 0.3) is 5.91 Å². The van der Waals surface area contributed by atoms with E-state index in [2.05, 4.69) is 29.4 Å². The highest BCUT2D eigenvalue weighted by Gasteiger charge is 2.19. The summed E-state index contributed by atoms with van der Waals surface area (Å²) in [6, 6.07) is 20.3. The second-order valence-electron chi connectivity index (χ2n) is 6.18. The summed E-state index contributed by atoms with van der Waals surface area (Å²) in [5.74, 6) is -0.0370. The van der Waals surface area contributed by atoms with E-state index in [1.165, 1.54) is 16.9 Å². The van der Waals surface area contributed by atoms with Crippen molar-refractivity contribution in [3.8, 4) is 11.3 Å². The topological polar surface area (TPSA) is 42.0 Å². The van der Waals surface area contributed by atoms with Gasteiger partial charge < -0.3 is 5.32 Å². The van der Waals surface area contributed by atoms with Crippen molar-refractivity contribution in [1.82, 2.24) is 10.3 Å². The Kier molecular flexibility index (Phi) is 5.61. The third-order valence-electron chi connectivity index (χ3n) is 4.07. The summed E-state index contributed by atoms with van der Waals surface area (Å²) in [7, 11) is 0. The number of hydrogen-bond acceptors (Lipinski definition) is 3. The van der Waals surface area contributed by atoms with Gasteiger partial charge in [0.05, 0.1) is 10.7 Å². The lowest BCUT2D eigenvalue weighted by Gasteiger charge is -2.13. The molecular formula is C21H22N2OS. The fraction of sp³-hybridized carbons (Fsp3) is 0.238. The summed E-state index contributed by atoms with van der Waals surface area (Å²) >= 11 is 1.45. The van der Waals surface area contributed by atoms with Gasteiger partial charge in [-0.3, -0.25) is 4.79 Å². The Morgan fingerprint density at radius 3 is 2.40 bits per heavy atom. The van der Waals surface area contributed by atoms with Crippen molar-refractivity contribution < 1.29 is 4.79 Å². The van der Waals surface area contributed by atoms with Gasteiger partial charge in [-0.1, -0.05) is 60.7 Å². The molecule has 1 amide bonds. The van der Waals surface area contributed by atoms with Crippen LogP contribution in [0.15, 0.2) is 60.7 Å². The van der Waals surface area contributed by atoms with Crippen molar-refractivity contribution in [3.63, 3.8) is 0 Å². The predicted octanol–water partition coefficient (Wildman–Crippen LogP) is 4.87. The van der Waals surface area contributed by atoms with Crippen molar-refractivity contribution in [2.45, 2.75) is 32.7 Å². The first-order valence-electron chi connectivity index (χ1n) is 8.51. The van der Waals surface area contributed by atoms with Crippen LogP contribution >= 0.6 is 11.3 Å². The smallest absolute Gasteiger partial charge is 0.263 e. The molecule has 3 rings (SSSR count). The molecule has 1 heterocycles. The zero-order valence-corrected chi connectivity index (χ0v) is 15.3. The van der Waals surface area contributed by atoms with E-state index in [0.29, 0.717) is 4.88 Å². The van der Waals surface area contributed by atoms with Crippen molar-refractivity contribution >= 4 is 17.2 Å². The number of carbonyl (C=O) groups excluding carboxylic acids is 1. The molecule has 0 bridgehead atoms. The molecule has 0 saturated heterocycles. The molecule has 4 heteroatoms. The van der Waals surface area contributed by atoms with E-state index in [0.717, 1.165) is 29.1 Å². The Morgan fingerprint density at radius 1 is 1.08 bits per heavy atom. The maximum absolute atomic E-state index is 12.7. The van der Waals surface area contributed by atoms with Crippen LogP contribution in [-0.2, 0) is 6.42 Å². The molecule has 2 aromatic carbocycles. The molecule has 3 nitrogen and oxygen atoms in total. The van der Waals surface area contributed by atoms with Gasteiger partial charge in [-0.05, 0) is 32.3 Å². The van der Waals surface area contributed by atoms with Crippen molar-refractivity contribution in [2.75, 3.05) is 0 Å². The highest BCUT2D eigenvalue weighted by molar-refractivity contribution is 7.14. The number of rotatable bonds is 6. The zero-order chi connectivity index (χ0) is 17.6. The second kappa shape index (κ2) is 8.08. The van der Waals surface area contributed by atoms with Crippen LogP contribution in [0.4, 0.5) is 0 Å². The molecular weight excluding hydrogens is 328 g/mol. The molecule has 1 aromatic heterocycles. The average molecular weight is 350 g/mol. The number of amides is 1. The first-order chi connectivity index (χ1) is 12.1. The molecule has 1 atom stereocenters. The van der Waals surface area contributed by atoms with Gasteiger partial charge in [-0.2, -0.15) is 0 Å². The van der Waals surface area contributed by atoms with Gasteiger partial charge in [-0.25, -0.2) is 4.98 Å². The van der Waals surface area contributed by atoms with E-state index >= 15 is 0 Å². The third-order valence-corrected chi connectivity index (χ3v) is 5.04. The molecule has 0 fully saturated rings. The highest BCUT2D eigenvalue weighted by Crippen LogP contribution is 2.28. The van der Waals surface area contributed by atoms with Crippen LogP contribution < -0.4 is 5.32 Å². The fourth-order valence-electron chi connectivity index (χ4n) is 2.76. The number of benzene rings is 2. The van der Waals surface area contributed by atoms with Gasteiger partial charge in [0.1, 0.15) is 4.88 Å². The van der Waals surface area contributed by atoms with E-state index in [9.17, 15) is 4.79 Å². The molecule has 3 aromatic rings. The lowest BCUT2D eigenvalue weighted by atomic mass is 10.1. The molecule has 25 heavy (non-hydrogen) atoms. The third kappa shape index (κ3) is 4.54. The Bertz CT molecular complexity index is 828. The van der Waals surface area contributed by atoms with Gasteiger partial charge >= 0.3 is 0 Å². The van der Waals surface area contributed by atoms with E-state index in [1.807, 2.05) is 55.5 Å². The lowest BCUT2D eigenvalue weighted by molar-refractivity contribution is 0.0943. The number of aryl methyl sites for hydroxylation is 2. The van der Waals surface area contributed by atoms with Crippen LogP contribution in [0.5, 0.6) is 0 Å². The van der Waals surface area contributed by atoms with Gasteiger partial charge in [-0.15, -0.1) is 11.3 Å². The second-order valence-corrected chi connectivity index (χ2v) is 7.38. The van der Waals surface area contributed by atoms with Crippen molar-refractivity contribution in [1.29, 1.82) is 0 Å². The van der Waals surface area contributed by atoms with Crippen molar-refractivity contribution in [2.24, 2.45) is 0 Å². The molecule has 0 aliphatic carbocycles. The standard InChI is InChI=1S/C21H22N2OS/c1-15(13-14-17-9-5-3-6-10-17)22-21(24)20-19(23-16(2)25-20)18-11-7-4-8-12-18/h3-12,15H,13-14H2,1-2H3,(H,22,24)/t15-/m1/s1. The molecule has 128 valence electrons. The van der Waals surface area contributed by atoms with E-state index in [4.69, 9.17) is 0 Å². The van der Waals surface area contributed by atoms with Gasteiger partial charge in [0, 0.05) is 11.6 Å². The molecule has 0 spiro atoms. The molecule has 1 N–H and O–H groups in total. The van der Waals surface area contributed by atoms with E-state index in [1.54, 1.807) is 0 Å². The van der Waals surface area contributed by atoms with Crippen molar-refractivity contribution in [3.05, 3.63) is 76.1 Å². The number of nitrogens with zero attached hydrogens (tertiary/aromatic N) is 1. The molecule has 0 saturated carbocycles. The van der Waals surface area contributed by atoms with Crippen LogP contribution in [0.25, 0.3) is 11.3 Å². The van der Waals surface area contributed by atoms with E-state index in [-0.39, 0.29) is 11.9 Å². The summed E-state index contributed by atoms with van der Waals surface area (Å²) in [4.78, 5) is 18.0. The zero-order valence-electron chi connectivity index (χ0n) is 14.5. The quantitative estimate of drug-likeness (QED) is 0.689. The number of hydrogen-bond donors (Lipinski definition) is 1. The number of aromatic nitrogens is 1. The maximum Gasteiger partial charge on any atom is 0.263 e. The molecule has 0 unspecified atom stereocenters. The predicted molar refractivity (Wildman–Crippen MR) is 104 cm³/mol. The number of carbonyl (C=O) groups is 1. The van der Waals surface area contributed by atoms with E-state index < -0.39 is 0 Å².